The first-order valence-corrected chi connectivity index (χ1v) is 7.53. The molecule has 2 atom stereocenters. The molecule has 0 bridgehead atoms. The van der Waals surface area contributed by atoms with Gasteiger partial charge in [0.05, 0.1) is 11.8 Å². The molecule has 2 heterocycles. The van der Waals surface area contributed by atoms with Crippen LogP contribution in [-0.4, -0.2) is 33.9 Å². The molecule has 1 aliphatic heterocycles. The third-order valence-corrected chi connectivity index (χ3v) is 4.46. The molecule has 4 nitrogen and oxygen atoms in total. The summed E-state index contributed by atoms with van der Waals surface area (Å²) in [6.45, 7) is 5.65. The van der Waals surface area contributed by atoms with E-state index in [2.05, 4.69) is 34.3 Å². The molecule has 1 saturated heterocycles. The van der Waals surface area contributed by atoms with Crippen molar-refractivity contribution in [2.24, 2.45) is 0 Å². The molecule has 1 aromatic carbocycles. The topological polar surface area (TPSA) is 49.5 Å². The Labute approximate surface area is 125 Å². The van der Waals surface area contributed by atoms with Gasteiger partial charge in [-0.1, -0.05) is 35.5 Å². The van der Waals surface area contributed by atoms with Crippen LogP contribution in [0.25, 0.3) is 0 Å². The predicted octanol–water partition coefficient (Wildman–Crippen LogP) is 2.47. The summed E-state index contributed by atoms with van der Waals surface area (Å²) in [4.78, 5) is 2.35. The maximum absolute atomic E-state index is 10.3. The van der Waals surface area contributed by atoms with Crippen molar-refractivity contribution in [3.63, 3.8) is 0 Å². The molecule has 0 unspecified atom stereocenters. The van der Waals surface area contributed by atoms with Gasteiger partial charge in [0.2, 0.25) is 0 Å². The average Bonchev–Trinajstić information content (AvgIpc) is 2.99. The van der Waals surface area contributed by atoms with E-state index in [1.807, 2.05) is 19.9 Å². The highest BCUT2D eigenvalue weighted by Crippen LogP contribution is 2.25. The minimum atomic E-state index is -0.259. The summed E-state index contributed by atoms with van der Waals surface area (Å²) in [6, 6.07) is 10.5. The fraction of sp³-hybridized carbons (Fsp3) is 0.471. The predicted molar refractivity (Wildman–Crippen MR) is 80.9 cm³/mol. The summed E-state index contributed by atoms with van der Waals surface area (Å²) in [5, 5.41) is 14.3. The van der Waals surface area contributed by atoms with Gasteiger partial charge in [-0.15, -0.1) is 0 Å². The molecular formula is C17H22N2O2. The minimum Gasteiger partial charge on any atom is -0.391 e. The molecule has 0 saturated carbocycles. The quantitative estimate of drug-likeness (QED) is 0.938. The number of aryl methyl sites for hydroxylation is 2. The first kappa shape index (κ1) is 14.3. The van der Waals surface area contributed by atoms with E-state index in [9.17, 15) is 5.11 Å². The largest absolute Gasteiger partial charge is 0.391 e. The van der Waals surface area contributed by atoms with Crippen molar-refractivity contribution in [3.05, 3.63) is 52.9 Å². The number of hydrogen-bond acceptors (Lipinski definition) is 4. The highest BCUT2D eigenvalue weighted by atomic mass is 16.5. The van der Waals surface area contributed by atoms with E-state index in [1.165, 1.54) is 5.56 Å². The summed E-state index contributed by atoms with van der Waals surface area (Å²) in [5.41, 5.74) is 3.38. The molecular weight excluding hydrogens is 264 g/mol. The molecule has 0 amide bonds. The van der Waals surface area contributed by atoms with Crippen LogP contribution in [0.2, 0.25) is 0 Å². The summed E-state index contributed by atoms with van der Waals surface area (Å²) in [6.07, 6.45) is 1.46. The fourth-order valence-electron chi connectivity index (χ4n) is 3.15. The van der Waals surface area contributed by atoms with Crippen LogP contribution < -0.4 is 0 Å². The van der Waals surface area contributed by atoms with Crippen LogP contribution >= 0.6 is 0 Å². The second-order valence-electron chi connectivity index (χ2n) is 5.89. The van der Waals surface area contributed by atoms with Crippen LogP contribution in [0.3, 0.4) is 0 Å². The summed E-state index contributed by atoms with van der Waals surface area (Å²) >= 11 is 0. The molecule has 21 heavy (non-hydrogen) atoms. The zero-order chi connectivity index (χ0) is 14.8. The van der Waals surface area contributed by atoms with E-state index in [4.69, 9.17) is 4.52 Å². The first-order chi connectivity index (χ1) is 10.1. The second kappa shape index (κ2) is 6.00. The van der Waals surface area contributed by atoms with Crippen molar-refractivity contribution < 1.29 is 9.63 Å². The number of likely N-dealkylation sites (tertiary alicyclic amines) is 1. The number of hydrogen-bond donors (Lipinski definition) is 1. The first-order valence-electron chi connectivity index (χ1n) is 7.53. The number of benzene rings is 1. The zero-order valence-corrected chi connectivity index (χ0v) is 12.6. The van der Waals surface area contributed by atoms with E-state index in [-0.39, 0.29) is 12.1 Å². The van der Waals surface area contributed by atoms with Crippen LogP contribution in [0, 0.1) is 13.8 Å². The Morgan fingerprint density at radius 3 is 2.71 bits per heavy atom. The van der Waals surface area contributed by atoms with E-state index >= 15 is 0 Å². The van der Waals surface area contributed by atoms with Crippen molar-refractivity contribution in [2.75, 3.05) is 6.54 Å². The Balaban J connectivity index is 1.75. The molecule has 1 N–H and O–H groups in total. The lowest BCUT2D eigenvalue weighted by atomic mass is 10.0. The Bertz CT molecular complexity index is 575. The van der Waals surface area contributed by atoms with Gasteiger partial charge in [-0.05, 0) is 32.3 Å². The summed E-state index contributed by atoms with van der Waals surface area (Å²) < 4.78 is 5.25. The SMILES string of the molecule is Cc1noc(C)c1CN1CC[C@@H](O)[C@@H]1Cc1ccccc1. The normalized spacial score (nSPS) is 22.8. The highest BCUT2D eigenvalue weighted by molar-refractivity contribution is 5.22. The number of aromatic nitrogens is 1. The van der Waals surface area contributed by atoms with Gasteiger partial charge >= 0.3 is 0 Å². The molecule has 1 aliphatic rings. The number of rotatable bonds is 4. The van der Waals surface area contributed by atoms with Gasteiger partial charge in [-0.3, -0.25) is 4.90 Å². The van der Waals surface area contributed by atoms with Gasteiger partial charge in [0, 0.05) is 24.7 Å². The lowest BCUT2D eigenvalue weighted by Crippen LogP contribution is -2.36. The smallest absolute Gasteiger partial charge is 0.138 e. The van der Waals surface area contributed by atoms with Crippen molar-refractivity contribution >= 4 is 0 Å². The van der Waals surface area contributed by atoms with Crippen molar-refractivity contribution in [1.29, 1.82) is 0 Å². The van der Waals surface area contributed by atoms with Crippen molar-refractivity contribution in [1.82, 2.24) is 10.1 Å². The number of nitrogens with zero attached hydrogens (tertiary/aromatic N) is 2. The van der Waals surface area contributed by atoms with Gasteiger partial charge in [0.1, 0.15) is 5.76 Å². The molecule has 4 heteroatoms. The molecule has 1 aromatic heterocycles. The Morgan fingerprint density at radius 2 is 2.05 bits per heavy atom. The lowest BCUT2D eigenvalue weighted by molar-refractivity contribution is 0.112. The molecule has 2 aromatic rings. The van der Waals surface area contributed by atoms with Gasteiger partial charge in [0.15, 0.2) is 0 Å². The van der Waals surface area contributed by atoms with Crippen LogP contribution in [0.15, 0.2) is 34.9 Å². The Morgan fingerprint density at radius 1 is 1.29 bits per heavy atom. The monoisotopic (exact) mass is 286 g/mol. The van der Waals surface area contributed by atoms with Crippen LogP contribution in [0.5, 0.6) is 0 Å². The van der Waals surface area contributed by atoms with Gasteiger partial charge in [0.25, 0.3) is 0 Å². The van der Waals surface area contributed by atoms with Crippen LogP contribution in [0.1, 0.15) is 29.0 Å². The Hall–Kier alpha value is -1.65. The standard InChI is InChI=1S/C17H22N2O2/c1-12-15(13(2)21-18-12)11-19-9-8-17(20)16(19)10-14-6-4-3-5-7-14/h3-7,16-17,20H,8-11H2,1-2H3/t16-,17+/m0/s1. The van der Waals surface area contributed by atoms with E-state index < -0.39 is 0 Å². The van der Waals surface area contributed by atoms with Gasteiger partial charge in [-0.25, -0.2) is 0 Å². The van der Waals surface area contributed by atoms with Crippen LogP contribution in [-0.2, 0) is 13.0 Å². The lowest BCUT2D eigenvalue weighted by Gasteiger charge is -2.26. The molecule has 0 aliphatic carbocycles. The van der Waals surface area contributed by atoms with E-state index in [1.54, 1.807) is 0 Å². The summed E-state index contributed by atoms with van der Waals surface area (Å²) in [7, 11) is 0. The maximum Gasteiger partial charge on any atom is 0.138 e. The molecule has 3 rings (SSSR count). The van der Waals surface area contributed by atoms with Gasteiger partial charge in [-0.2, -0.15) is 0 Å². The third-order valence-electron chi connectivity index (χ3n) is 4.46. The highest BCUT2D eigenvalue weighted by Gasteiger charge is 2.33. The second-order valence-corrected chi connectivity index (χ2v) is 5.89. The zero-order valence-electron chi connectivity index (χ0n) is 12.6. The Kier molecular flexibility index (Phi) is 4.08. The van der Waals surface area contributed by atoms with Crippen molar-refractivity contribution in [2.45, 2.75) is 45.4 Å². The molecule has 1 fully saturated rings. The molecule has 0 spiro atoms. The minimum absolute atomic E-state index is 0.168. The van der Waals surface area contributed by atoms with E-state index in [0.717, 1.165) is 42.9 Å². The fourth-order valence-corrected chi connectivity index (χ4v) is 3.15. The average molecular weight is 286 g/mol. The third kappa shape index (κ3) is 3.01. The summed E-state index contributed by atoms with van der Waals surface area (Å²) in [5.74, 6) is 0.882. The number of aliphatic hydroxyl groups is 1. The number of aliphatic hydroxyl groups excluding tert-OH is 1. The van der Waals surface area contributed by atoms with E-state index in [0.29, 0.717) is 0 Å². The van der Waals surface area contributed by atoms with Crippen molar-refractivity contribution in [3.8, 4) is 0 Å². The maximum atomic E-state index is 10.3. The van der Waals surface area contributed by atoms with Gasteiger partial charge < -0.3 is 9.63 Å². The van der Waals surface area contributed by atoms with Crippen LogP contribution in [0.4, 0.5) is 0 Å². The molecule has 112 valence electrons. The molecule has 0 radical (unpaired) electrons.